The number of thioether (sulfide) groups is 1. The summed E-state index contributed by atoms with van der Waals surface area (Å²) in [5, 5.41) is 12.0. The Morgan fingerprint density at radius 2 is 1.63 bits per heavy atom. The number of carbonyl (C=O) groups is 1. The third-order valence-corrected chi connectivity index (χ3v) is 8.74. The zero-order valence-electron chi connectivity index (χ0n) is 16.8. The van der Waals surface area contributed by atoms with E-state index in [1.54, 1.807) is 38.1 Å². The quantitative estimate of drug-likeness (QED) is 0.646. The zero-order chi connectivity index (χ0) is 21.5. The maximum Gasteiger partial charge on any atom is 0.323 e. The van der Waals surface area contributed by atoms with Gasteiger partial charge >= 0.3 is 5.97 Å². The smallest absolute Gasteiger partial charge is 0.323 e. The molecule has 0 aromatic heterocycles. The number of aliphatic carboxylic acids is 1. The Kier molecular flexibility index (Phi) is 5.38. The van der Waals surface area contributed by atoms with Crippen LogP contribution in [0.5, 0.6) is 0 Å². The van der Waals surface area contributed by atoms with Crippen molar-refractivity contribution in [2.24, 2.45) is 0 Å². The molecule has 0 spiro atoms. The number of carboxylic acid groups (broad SMARTS) is 1. The molecule has 5 nitrogen and oxygen atoms in total. The molecule has 3 aromatic carbocycles. The van der Waals surface area contributed by atoms with Gasteiger partial charge in [0.05, 0.1) is 4.90 Å². The largest absolute Gasteiger partial charge is 0.480 e. The van der Waals surface area contributed by atoms with Crippen LogP contribution in [0.4, 0.5) is 0 Å². The summed E-state index contributed by atoms with van der Waals surface area (Å²) in [4.78, 5) is 12.0. The molecule has 1 saturated heterocycles. The van der Waals surface area contributed by atoms with Gasteiger partial charge in [-0.25, -0.2) is 8.42 Å². The van der Waals surface area contributed by atoms with Crippen molar-refractivity contribution in [2.75, 3.05) is 12.3 Å². The predicted octanol–water partition coefficient (Wildman–Crippen LogP) is 4.48. The molecule has 0 bridgehead atoms. The van der Waals surface area contributed by atoms with Gasteiger partial charge in [-0.1, -0.05) is 48.5 Å². The molecule has 0 aliphatic carbocycles. The highest BCUT2D eigenvalue weighted by molar-refractivity contribution is 8.00. The van der Waals surface area contributed by atoms with E-state index in [4.69, 9.17) is 0 Å². The summed E-state index contributed by atoms with van der Waals surface area (Å²) in [5.74, 6) is -0.561. The molecule has 4 rings (SSSR count). The maximum atomic E-state index is 13.3. The van der Waals surface area contributed by atoms with E-state index in [2.05, 4.69) is 6.07 Å². The zero-order valence-corrected chi connectivity index (χ0v) is 18.4. The van der Waals surface area contributed by atoms with Crippen LogP contribution in [-0.2, 0) is 14.8 Å². The second kappa shape index (κ2) is 7.72. The van der Waals surface area contributed by atoms with Crippen molar-refractivity contribution >= 4 is 38.5 Å². The highest BCUT2D eigenvalue weighted by Gasteiger charge is 2.48. The van der Waals surface area contributed by atoms with Gasteiger partial charge in [-0.05, 0) is 53.9 Å². The molecule has 1 fully saturated rings. The van der Waals surface area contributed by atoms with E-state index in [9.17, 15) is 18.3 Å². The Bertz CT molecular complexity index is 1200. The SMILES string of the molecule is CC1(C)SCCN(S(=O)(=O)c2ccc(-c3ccc4ccccc4c3)cc2)[C@H]1C(=O)O. The third kappa shape index (κ3) is 3.73. The summed E-state index contributed by atoms with van der Waals surface area (Å²) in [6, 6.07) is 19.8. The first-order valence-corrected chi connectivity index (χ1v) is 12.1. The fourth-order valence-electron chi connectivity index (χ4n) is 3.96. The van der Waals surface area contributed by atoms with Gasteiger partial charge in [-0.3, -0.25) is 4.79 Å². The Labute approximate surface area is 180 Å². The Morgan fingerprint density at radius 1 is 1.00 bits per heavy atom. The Balaban J connectivity index is 1.67. The lowest BCUT2D eigenvalue weighted by Gasteiger charge is -2.42. The first-order valence-electron chi connectivity index (χ1n) is 9.68. The second-order valence-electron chi connectivity index (χ2n) is 7.89. The van der Waals surface area contributed by atoms with Crippen LogP contribution in [0, 0.1) is 0 Å². The van der Waals surface area contributed by atoms with E-state index in [0.717, 1.165) is 26.2 Å². The summed E-state index contributed by atoms with van der Waals surface area (Å²) in [7, 11) is -3.92. The molecule has 7 heteroatoms. The van der Waals surface area contributed by atoms with Crippen LogP contribution in [-0.4, -0.2) is 46.9 Å². The number of benzene rings is 3. The topological polar surface area (TPSA) is 74.7 Å². The van der Waals surface area contributed by atoms with Crippen molar-refractivity contribution in [1.82, 2.24) is 4.31 Å². The number of fused-ring (bicyclic) bond motifs is 1. The number of hydrogen-bond donors (Lipinski definition) is 1. The van der Waals surface area contributed by atoms with E-state index < -0.39 is 26.8 Å². The van der Waals surface area contributed by atoms with Gasteiger partial charge < -0.3 is 5.11 Å². The molecule has 1 N–H and O–H groups in total. The molecule has 0 unspecified atom stereocenters. The van der Waals surface area contributed by atoms with Gasteiger partial charge in [0.2, 0.25) is 10.0 Å². The monoisotopic (exact) mass is 441 g/mol. The van der Waals surface area contributed by atoms with Crippen LogP contribution >= 0.6 is 11.8 Å². The van der Waals surface area contributed by atoms with Crippen LogP contribution in [0.2, 0.25) is 0 Å². The first-order chi connectivity index (χ1) is 14.2. The molecule has 30 heavy (non-hydrogen) atoms. The van der Waals surface area contributed by atoms with Crippen LogP contribution in [0.1, 0.15) is 13.8 Å². The van der Waals surface area contributed by atoms with Crippen LogP contribution in [0.15, 0.2) is 71.6 Å². The number of nitrogens with zero attached hydrogens (tertiary/aromatic N) is 1. The van der Waals surface area contributed by atoms with Crippen LogP contribution in [0.25, 0.3) is 21.9 Å². The van der Waals surface area contributed by atoms with E-state index in [-0.39, 0.29) is 11.4 Å². The minimum absolute atomic E-state index is 0.112. The van der Waals surface area contributed by atoms with Crippen molar-refractivity contribution < 1.29 is 18.3 Å². The lowest BCUT2D eigenvalue weighted by Crippen LogP contribution is -2.58. The lowest BCUT2D eigenvalue weighted by molar-refractivity contribution is -0.142. The Morgan fingerprint density at radius 3 is 2.30 bits per heavy atom. The fraction of sp³-hybridized carbons (Fsp3) is 0.261. The van der Waals surface area contributed by atoms with Gasteiger partial charge in [0, 0.05) is 17.0 Å². The number of rotatable bonds is 4. The molecule has 1 heterocycles. The molecule has 0 saturated carbocycles. The van der Waals surface area contributed by atoms with E-state index in [0.29, 0.717) is 5.75 Å². The average molecular weight is 442 g/mol. The van der Waals surface area contributed by atoms with Crippen molar-refractivity contribution in [3.63, 3.8) is 0 Å². The molecule has 1 aliphatic rings. The molecular formula is C23H23NO4S2. The molecule has 0 radical (unpaired) electrons. The van der Waals surface area contributed by atoms with Crippen molar-refractivity contribution in [3.8, 4) is 11.1 Å². The molecule has 1 aliphatic heterocycles. The summed E-state index contributed by atoms with van der Waals surface area (Å²) in [6.45, 7) is 3.74. The predicted molar refractivity (Wildman–Crippen MR) is 121 cm³/mol. The fourth-order valence-corrected chi connectivity index (χ4v) is 7.05. The minimum atomic E-state index is -3.92. The number of sulfonamides is 1. The molecule has 0 amide bonds. The van der Waals surface area contributed by atoms with Crippen LogP contribution in [0.3, 0.4) is 0 Å². The summed E-state index contributed by atoms with van der Waals surface area (Å²) in [6.07, 6.45) is 0. The normalized spacial score (nSPS) is 19.6. The highest BCUT2D eigenvalue weighted by Crippen LogP contribution is 2.38. The first kappa shape index (κ1) is 20.9. The van der Waals surface area contributed by atoms with E-state index in [1.165, 1.54) is 11.8 Å². The number of hydrogen-bond acceptors (Lipinski definition) is 4. The van der Waals surface area contributed by atoms with Gasteiger partial charge in [-0.2, -0.15) is 16.1 Å². The third-order valence-electron chi connectivity index (χ3n) is 5.51. The van der Waals surface area contributed by atoms with Gasteiger partial charge in [0.15, 0.2) is 0 Å². The van der Waals surface area contributed by atoms with Crippen molar-refractivity contribution in [2.45, 2.75) is 29.5 Å². The lowest BCUT2D eigenvalue weighted by atomic mass is 10.0. The number of carboxylic acids is 1. The van der Waals surface area contributed by atoms with Gasteiger partial charge in [0.25, 0.3) is 0 Å². The van der Waals surface area contributed by atoms with Gasteiger partial charge in [0.1, 0.15) is 6.04 Å². The maximum absolute atomic E-state index is 13.3. The van der Waals surface area contributed by atoms with Gasteiger partial charge in [-0.15, -0.1) is 0 Å². The standard InChI is InChI=1S/C23H23NO4S2/c1-23(2)21(22(25)26)24(13-14-29-23)30(27,28)20-11-9-17(10-12-20)19-8-7-16-5-3-4-6-18(16)15-19/h3-12,15,21H,13-14H2,1-2H3,(H,25,26)/t21-/m0/s1. The summed E-state index contributed by atoms with van der Waals surface area (Å²) >= 11 is 1.49. The minimum Gasteiger partial charge on any atom is -0.480 e. The summed E-state index contributed by atoms with van der Waals surface area (Å²) < 4.78 is 27.0. The average Bonchev–Trinajstić information content (AvgIpc) is 2.72. The van der Waals surface area contributed by atoms with E-state index in [1.807, 2.05) is 36.4 Å². The van der Waals surface area contributed by atoms with Crippen LogP contribution < -0.4 is 0 Å². The van der Waals surface area contributed by atoms with E-state index >= 15 is 0 Å². The van der Waals surface area contributed by atoms with Crippen molar-refractivity contribution in [1.29, 1.82) is 0 Å². The van der Waals surface area contributed by atoms with Crippen molar-refractivity contribution in [3.05, 3.63) is 66.7 Å². The molecular weight excluding hydrogens is 418 g/mol. The molecule has 1 atom stereocenters. The molecule has 156 valence electrons. The second-order valence-corrected chi connectivity index (χ2v) is 11.5. The molecule has 3 aromatic rings. The highest BCUT2D eigenvalue weighted by atomic mass is 32.2. The Hall–Kier alpha value is -2.35. The summed E-state index contributed by atoms with van der Waals surface area (Å²) in [5.41, 5.74) is 1.90.